The molecule has 0 saturated heterocycles. The molecular formula is C33H37BrN4O3. The van der Waals surface area contributed by atoms with Crippen molar-refractivity contribution in [3.63, 3.8) is 0 Å². The van der Waals surface area contributed by atoms with E-state index in [0.717, 1.165) is 27.0 Å². The molecule has 0 unspecified atom stereocenters. The summed E-state index contributed by atoms with van der Waals surface area (Å²) in [4.78, 5) is 30.7. The van der Waals surface area contributed by atoms with Crippen molar-refractivity contribution >= 4 is 33.6 Å². The molecule has 1 N–H and O–H groups in total. The molecule has 8 heteroatoms. The third-order valence-electron chi connectivity index (χ3n) is 6.65. The van der Waals surface area contributed by atoms with E-state index >= 15 is 0 Å². The number of rotatable bonds is 12. The molecule has 0 saturated carbocycles. The van der Waals surface area contributed by atoms with Crippen molar-refractivity contribution in [3.8, 4) is 5.75 Å². The van der Waals surface area contributed by atoms with Crippen LogP contribution < -0.4 is 10.1 Å². The Morgan fingerprint density at radius 2 is 1.61 bits per heavy atom. The number of nitrogens with one attached hydrogen (secondary N) is 1. The summed E-state index contributed by atoms with van der Waals surface area (Å²) in [5.41, 5.74) is 3.80. The largest absolute Gasteiger partial charge is 0.497 e. The molecule has 0 aliphatic carbocycles. The van der Waals surface area contributed by atoms with Crippen molar-refractivity contribution in [1.82, 2.24) is 14.4 Å². The highest BCUT2D eigenvalue weighted by atomic mass is 79.9. The number of carbonyl (C=O) groups excluding carboxylic acids is 2. The number of aromatic nitrogens is 1. The normalized spacial score (nSPS) is 10.9. The average Bonchev–Trinajstić information content (AvgIpc) is 3.40. The molecule has 214 valence electrons. The van der Waals surface area contributed by atoms with Crippen LogP contribution in [0.25, 0.3) is 0 Å². The van der Waals surface area contributed by atoms with Gasteiger partial charge in [0.05, 0.1) is 19.3 Å². The fourth-order valence-electron chi connectivity index (χ4n) is 4.63. The van der Waals surface area contributed by atoms with E-state index in [0.29, 0.717) is 31.9 Å². The molecule has 3 amide bonds. The van der Waals surface area contributed by atoms with E-state index in [-0.39, 0.29) is 24.4 Å². The molecule has 0 bridgehead atoms. The van der Waals surface area contributed by atoms with Gasteiger partial charge >= 0.3 is 6.03 Å². The standard InChI is InChI=1S/C33H37BrN4O3/c1-25(2)20-38(33(40)35-31-17-8-7-16-30(31)34)24-32(39)37(21-26-11-5-4-6-12-26)23-28-14-10-18-36(28)22-27-13-9-15-29(19-27)41-3/h4-19,25H,20-24H2,1-3H3,(H,35,40). The number of ether oxygens (including phenoxy) is 1. The van der Waals surface area contributed by atoms with Crippen LogP contribution in [-0.2, 0) is 24.4 Å². The maximum absolute atomic E-state index is 13.9. The van der Waals surface area contributed by atoms with E-state index in [2.05, 4.69) is 31.9 Å². The molecular weight excluding hydrogens is 580 g/mol. The van der Waals surface area contributed by atoms with E-state index in [1.54, 1.807) is 12.0 Å². The Morgan fingerprint density at radius 1 is 0.878 bits per heavy atom. The fourth-order valence-corrected chi connectivity index (χ4v) is 5.01. The fraction of sp³-hybridized carbons (Fsp3) is 0.273. The van der Waals surface area contributed by atoms with Crippen molar-refractivity contribution < 1.29 is 14.3 Å². The number of nitrogens with zero attached hydrogens (tertiary/aromatic N) is 3. The molecule has 4 aromatic rings. The Hall–Kier alpha value is -4.04. The minimum atomic E-state index is -0.306. The average molecular weight is 618 g/mol. The van der Waals surface area contributed by atoms with Gasteiger partial charge in [-0.15, -0.1) is 0 Å². The summed E-state index contributed by atoms with van der Waals surface area (Å²) in [5.74, 6) is 0.879. The van der Waals surface area contributed by atoms with Crippen LogP contribution in [0.2, 0.25) is 0 Å². The Bertz CT molecular complexity index is 1440. The van der Waals surface area contributed by atoms with Crippen molar-refractivity contribution in [2.45, 2.75) is 33.5 Å². The topological polar surface area (TPSA) is 66.8 Å². The van der Waals surface area contributed by atoms with Crippen LogP contribution in [0.4, 0.5) is 10.5 Å². The third kappa shape index (κ3) is 8.72. The van der Waals surface area contributed by atoms with Gasteiger partial charge in [-0.2, -0.15) is 0 Å². The van der Waals surface area contributed by atoms with Crippen LogP contribution in [0.1, 0.15) is 30.7 Å². The van der Waals surface area contributed by atoms with Gasteiger partial charge in [-0.25, -0.2) is 4.79 Å². The van der Waals surface area contributed by atoms with E-state index in [4.69, 9.17) is 4.74 Å². The van der Waals surface area contributed by atoms with Gasteiger partial charge in [-0.05, 0) is 69.4 Å². The summed E-state index contributed by atoms with van der Waals surface area (Å²) in [7, 11) is 1.66. The van der Waals surface area contributed by atoms with Crippen LogP contribution in [0.3, 0.4) is 0 Å². The number of carbonyl (C=O) groups is 2. The molecule has 3 aromatic carbocycles. The number of benzene rings is 3. The first-order chi connectivity index (χ1) is 19.8. The smallest absolute Gasteiger partial charge is 0.322 e. The van der Waals surface area contributed by atoms with E-state index in [9.17, 15) is 9.59 Å². The van der Waals surface area contributed by atoms with Gasteiger partial charge in [0.1, 0.15) is 12.3 Å². The second kappa shape index (κ2) is 14.6. The van der Waals surface area contributed by atoms with Gasteiger partial charge in [0.2, 0.25) is 5.91 Å². The van der Waals surface area contributed by atoms with Gasteiger partial charge in [0.15, 0.2) is 0 Å². The lowest BCUT2D eigenvalue weighted by Crippen LogP contribution is -2.45. The first-order valence-electron chi connectivity index (χ1n) is 13.7. The summed E-state index contributed by atoms with van der Waals surface area (Å²) in [5, 5.41) is 2.96. The first-order valence-corrected chi connectivity index (χ1v) is 14.5. The number of para-hydroxylation sites is 1. The number of anilines is 1. The Morgan fingerprint density at radius 3 is 2.34 bits per heavy atom. The maximum Gasteiger partial charge on any atom is 0.322 e. The molecule has 7 nitrogen and oxygen atoms in total. The summed E-state index contributed by atoms with van der Waals surface area (Å²) < 4.78 is 8.32. The monoisotopic (exact) mass is 616 g/mol. The van der Waals surface area contributed by atoms with Gasteiger partial charge in [-0.1, -0.05) is 68.4 Å². The molecule has 1 heterocycles. The highest BCUT2D eigenvalue weighted by Crippen LogP contribution is 2.22. The number of urea groups is 1. The number of hydrogen-bond donors (Lipinski definition) is 1. The van der Waals surface area contributed by atoms with E-state index < -0.39 is 0 Å². The molecule has 0 aliphatic heterocycles. The zero-order valence-electron chi connectivity index (χ0n) is 23.8. The number of methoxy groups -OCH3 is 1. The maximum atomic E-state index is 13.9. The minimum absolute atomic E-state index is 0.0299. The summed E-state index contributed by atoms with van der Waals surface area (Å²) >= 11 is 3.49. The van der Waals surface area contributed by atoms with Gasteiger partial charge in [-0.3, -0.25) is 4.79 Å². The zero-order valence-corrected chi connectivity index (χ0v) is 25.4. The van der Waals surface area contributed by atoms with Crippen LogP contribution in [0, 0.1) is 5.92 Å². The number of amides is 3. The molecule has 0 atom stereocenters. The molecule has 0 spiro atoms. The highest BCUT2D eigenvalue weighted by molar-refractivity contribution is 9.10. The Balaban J connectivity index is 1.55. The Kier molecular flexibility index (Phi) is 10.6. The van der Waals surface area contributed by atoms with Crippen LogP contribution in [0.15, 0.2) is 102 Å². The molecule has 1 aromatic heterocycles. The van der Waals surface area contributed by atoms with Crippen LogP contribution in [-0.4, -0.2) is 46.5 Å². The molecule has 0 aliphatic rings. The molecule has 41 heavy (non-hydrogen) atoms. The second-order valence-corrected chi connectivity index (χ2v) is 11.3. The van der Waals surface area contributed by atoms with Gasteiger partial charge < -0.3 is 24.4 Å². The first kappa shape index (κ1) is 29.9. The van der Waals surface area contributed by atoms with Gasteiger partial charge in [0.25, 0.3) is 0 Å². The highest BCUT2D eigenvalue weighted by Gasteiger charge is 2.24. The SMILES string of the molecule is COc1cccc(Cn2cccc2CN(Cc2ccccc2)C(=O)CN(CC(C)C)C(=O)Nc2ccccc2Br)c1. The number of hydrogen-bond acceptors (Lipinski definition) is 3. The molecule has 0 radical (unpaired) electrons. The second-order valence-electron chi connectivity index (χ2n) is 10.4. The summed E-state index contributed by atoms with van der Waals surface area (Å²) in [6, 6.07) is 29.1. The Labute approximate surface area is 250 Å². The number of halogens is 1. The lowest BCUT2D eigenvalue weighted by molar-refractivity contribution is -0.133. The van der Waals surface area contributed by atoms with Crippen LogP contribution >= 0.6 is 15.9 Å². The van der Waals surface area contributed by atoms with Crippen molar-refractivity contribution in [2.75, 3.05) is 25.5 Å². The lowest BCUT2D eigenvalue weighted by Gasteiger charge is -2.29. The van der Waals surface area contributed by atoms with Gasteiger partial charge in [0, 0.05) is 36.0 Å². The van der Waals surface area contributed by atoms with Crippen molar-refractivity contribution in [3.05, 3.63) is 118 Å². The van der Waals surface area contributed by atoms with E-state index in [1.165, 1.54) is 0 Å². The van der Waals surface area contributed by atoms with Crippen molar-refractivity contribution in [1.29, 1.82) is 0 Å². The van der Waals surface area contributed by atoms with Crippen molar-refractivity contribution in [2.24, 2.45) is 5.92 Å². The molecule has 0 fully saturated rings. The van der Waals surface area contributed by atoms with Crippen LogP contribution in [0.5, 0.6) is 5.75 Å². The quantitative estimate of drug-likeness (QED) is 0.186. The summed E-state index contributed by atoms with van der Waals surface area (Å²) in [6.07, 6.45) is 2.02. The predicted octanol–water partition coefficient (Wildman–Crippen LogP) is 7.03. The lowest BCUT2D eigenvalue weighted by atomic mass is 10.2. The molecule has 4 rings (SSSR count). The predicted molar refractivity (Wildman–Crippen MR) is 167 cm³/mol. The third-order valence-corrected chi connectivity index (χ3v) is 7.34. The summed E-state index contributed by atoms with van der Waals surface area (Å²) in [6.45, 7) is 6.00. The minimum Gasteiger partial charge on any atom is -0.497 e. The zero-order chi connectivity index (χ0) is 29.2. The van der Waals surface area contributed by atoms with E-state index in [1.807, 2.05) is 110 Å².